The first-order valence-electron chi connectivity index (χ1n) is 4.88. The Morgan fingerprint density at radius 2 is 2.00 bits per heavy atom. The van der Waals surface area contributed by atoms with Crippen LogP contribution in [0.1, 0.15) is 20.8 Å². The van der Waals surface area contributed by atoms with Gasteiger partial charge in [-0.25, -0.2) is 0 Å². The molecule has 0 heterocycles. The second-order valence-corrected chi connectivity index (χ2v) is 4.50. The molecule has 0 bridgehead atoms. The van der Waals surface area contributed by atoms with Crippen molar-refractivity contribution in [2.24, 2.45) is 11.8 Å². The van der Waals surface area contributed by atoms with Crippen molar-refractivity contribution in [3.05, 3.63) is 0 Å². The highest BCUT2D eigenvalue weighted by Crippen LogP contribution is 2.09. The average Bonchev–Trinajstić information content (AvgIpc) is 2.15. The van der Waals surface area contributed by atoms with E-state index in [9.17, 15) is 4.79 Å². The number of hydrogen-bond donors (Lipinski definition) is 1. The quantitative estimate of drug-likeness (QED) is 0.744. The molecule has 3 nitrogen and oxygen atoms in total. The van der Waals surface area contributed by atoms with Crippen molar-refractivity contribution in [3.63, 3.8) is 0 Å². The summed E-state index contributed by atoms with van der Waals surface area (Å²) in [7, 11) is 1.63. The third-order valence-electron chi connectivity index (χ3n) is 2.31. The van der Waals surface area contributed by atoms with Crippen molar-refractivity contribution >= 4 is 21.8 Å². The molecule has 1 N–H and O–H groups in total. The second kappa shape index (κ2) is 7.23. The summed E-state index contributed by atoms with van der Waals surface area (Å²) in [6.45, 7) is 6.58. The van der Waals surface area contributed by atoms with E-state index in [0.717, 1.165) is 5.33 Å². The van der Waals surface area contributed by atoms with Gasteiger partial charge in [-0.2, -0.15) is 0 Å². The van der Waals surface area contributed by atoms with Crippen molar-refractivity contribution in [3.8, 4) is 0 Å². The van der Waals surface area contributed by atoms with E-state index in [1.807, 2.05) is 20.8 Å². The number of rotatable bonds is 6. The molecule has 0 rings (SSSR count). The van der Waals surface area contributed by atoms with Crippen molar-refractivity contribution < 1.29 is 9.53 Å². The van der Waals surface area contributed by atoms with Crippen LogP contribution in [0.5, 0.6) is 0 Å². The Balaban J connectivity index is 4.01. The van der Waals surface area contributed by atoms with E-state index in [-0.39, 0.29) is 17.9 Å². The third kappa shape index (κ3) is 4.96. The monoisotopic (exact) mass is 265 g/mol. The largest absolute Gasteiger partial charge is 0.383 e. The number of nitrogens with one attached hydrogen (secondary N) is 1. The summed E-state index contributed by atoms with van der Waals surface area (Å²) in [6.07, 6.45) is 0. The lowest BCUT2D eigenvalue weighted by atomic mass is 9.97. The number of carbonyl (C=O) groups is 1. The van der Waals surface area contributed by atoms with Crippen LogP contribution in [0.2, 0.25) is 0 Å². The topological polar surface area (TPSA) is 38.3 Å². The number of amides is 1. The molecule has 2 atom stereocenters. The first-order chi connectivity index (χ1) is 6.52. The molecule has 0 radical (unpaired) electrons. The van der Waals surface area contributed by atoms with Gasteiger partial charge >= 0.3 is 0 Å². The average molecular weight is 266 g/mol. The van der Waals surface area contributed by atoms with Crippen molar-refractivity contribution in [1.29, 1.82) is 0 Å². The van der Waals surface area contributed by atoms with Crippen LogP contribution >= 0.6 is 15.9 Å². The predicted molar refractivity (Wildman–Crippen MR) is 61.6 cm³/mol. The zero-order valence-corrected chi connectivity index (χ0v) is 10.9. The third-order valence-corrected chi connectivity index (χ3v) is 3.10. The Hall–Kier alpha value is -0.0900. The van der Waals surface area contributed by atoms with E-state index in [0.29, 0.717) is 12.5 Å². The Morgan fingerprint density at radius 3 is 2.36 bits per heavy atom. The van der Waals surface area contributed by atoms with Gasteiger partial charge in [0.2, 0.25) is 5.91 Å². The zero-order valence-electron chi connectivity index (χ0n) is 9.34. The van der Waals surface area contributed by atoms with Gasteiger partial charge in [-0.15, -0.1) is 0 Å². The van der Waals surface area contributed by atoms with Crippen LogP contribution in [0.4, 0.5) is 0 Å². The van der Waals surface area contributed by atoms with Crippen LogP contribution in [0.15, 0.2) is 0 Å². The molecule has 14 heavy (non-hydrogen) atoms. The van der Waals surface area contributed by atoms with Gasteiger partial charge in [0, 0.05) is 18.4 Å². The fraction of sp³-hybridized carbons (Fsp3) is 0.900. The first kappa shape index (κ1) is 13.9. The van der Waals surface area contributed by atoms with Gasteiger partial charge in [0.25, 0.3) is 0 Å². The molecule has 0 saturated carbocycles. The normalized spacial score (nSPS) is 15.3. The van der Waals surface area contributed by atoms with Gasteiger partial charge < -0.3 is 10.1 Å². The van der Waals surface area contributed by atoms with Gasteiger partial charge in [0.15, 0.2) is 0 Å². The Kier molecular flexibility index (Phi) is 7.19. The summed E-state index contributed by atoms with van der Waals surface area (Å²) in [4.78, 5) is 11.6. The first-order valence-corrected chi connectivity index (χ1v) is 6.00. The van der Waals surface area contributed by atoms with Crippen LogP contribution in [-0.4, -0.2) is 31.0 Å². The molecule has 0 aromatic heterocycles. The molecule has 2 unspecified atom stereocenters. The fourth-order valence-corrected chi connectivity index (χ4v) is 1.31. The van der Waals surface area contributed by atoms with Crippen molar-refractivity contribution in [2.75, 3.05) is 19.0 Å². The number of ether oxygens (including phenoxy) is 1. The lowest BCUT2D eigenvalue weighted by Gasteiger charge is -2.20. The standard InChI is InChI=1S/C10H20BrNO2/c1-7(2)8(3)10(13)12-9(5-11)6-14-4/h7-9H,5-6H2,1-4H3,(H,12,13). The highest BCUT2D eigenvalue weighted by Gasteiger charge is 2.19. The minimum atomic E-state index is 0.0495. The molecule has 84 valence electrons. The molecule has 0 saturated heterocycles. The van der Waals surface area contributed by atoms with E-state index >= 15 is 0 Å². The SMILES string of the molecule is COCC(CBr)NC(=O)C(C)C(C)C. The predicted octanol–water partition coefficient (Wildman–Crippen LogP) is 1.80. The number of alkyl halides is 1. The lowest BCUT2D eigenvalue weighted by molar-refractivity contribution is -0.126. The van der Waals surface area contributed by atoms with Crippen molar-refractivity contribution in [1.82, 2.24) is 5.32 Å². The van der Waals surface area contributed by atoms with Gasteiger partial charge in [-0.1, -0.05) is 36.7 Å². The number of methoxy groups -OCH3 is 1. The molecule has 0 aromatic carbocycles. The van der Waals surface area contributed by atoms with Crippen LogP contribution in [0.25, 0.3) is 0 Å². The minimum Gasteiger partial charge on any atom is -0.383 e. The molecule has 0 aliphatic heterocycles. The highest BCUT2D eigenvalue weighted by atomic mass is 79.9. The summed E-state index contributed by atoms with van der Waals surface area (Å²) in [5.74, 6) is 0.517. The molecular formula is C10H20BrNO2. The van der Waals surface area contributed by atoms with Crippen molar-refractivity contribution in [2.45, 2.75) is 26.8 Å². The lowest BCUT2D eigenvalue weighted by Crippen LogP contribution is -2.42. The van der Waals surface area contributed by atoms with E-state index in [4.69, 9.17) is 4.74 Å². The zero-order chi connectivity index (χ0) is 11.1. The van der Waals surface area contributed by atoms with Gasteiger partial charge in [0.05, 0.1) is 12.6 Å². The second-order valence-electron chi connectivity index (χ2n) is 3.85. The van der Waals surface area contributed by atoms with Gasteiger partial charge in [0.1, 0.15) is 0 Å². The Labute approximate surface area is 94.7 Å². The maximum atomic E-state index is 11.6. The molecule has 4 heteroatoms. The molecule has 1 amide bonds. The molecule has 0 aliphatic rings. The summed E-state index contributed by atoms with van der Waals surface area (Å²) in [6, 6.07) is 0.0636. The van der Waals surface area contributed by atoms with Crippen LogP contribution in [0.3, 0.4) is 0 Å². The molecule has 0 spiro atoms. The highest BCUT2D eigenvalue weighted by molar-refractivity contribution is 9.09. The van der Waals surface area contributed by atoms with Gasteiger partial charge in [-0.05, 0) is 5.92 Å². The van der Waals surface area contributed by atoms with E-state index in [1.54, 1.807) is 7.11 Å². The van der Waals surface area contributed by atoms with E-state index in [2.05, 4.69) is 21.2 Å². The summed E-state index contributed by atoms with van der Waals surface area (Å²) >= 11 is 3.34. The number of carbonyl (C=O) groups excluding carboxylic acids is 1. The van der Waals surface area contributed by atoms with E-state index < -0.39 is 0 Å². The van der Waals surface area contributed by atoms with Crippen LogP contribution in [-0.2, 0) is 9.53 Å². The molecule has 0 aromatic rings. The van der Waals surface area contributed by atoms with Gasteiger partial charge in [-0.3, -0.25) is 4.79 Å². The molecule has 0 fully saturated rings. The van der Waals surface area contributed by atoms with Crippen LogP contribution < -0.4 is 5.32 Å². The maximum Gasteiger partial charge on any atom is 0.223 e. The molecular weight excluding hydrogens is 246 g/mol. The fourth-order valence-electron chi connectivity index (χ4n) is 0.961. The summed E-state index contributed by atoms with van der Waals surface area (Å²) < 4.78 is 4.99. The minimum absolute atomic E-state index is 0.0495. The Morgan fingerprint density at radius 1 is 1.43 bits per heavy atom. The Bertz CT molecular complexity index is 174. The van der Waals surface area contributed by atoms with E-state index in [1.165, 1.54) is 0 Å². The van der Waals surface area contributed by atoms with Crippen LogP contribution in [0, 0.1) is 11.8 Å². The summed E-state index contributed by atoms with van der Waals surface area (Å²) in [5, 5.41) is 3.66. The number of hydrogen-bond acceptors (Lipinski definition) is 2. The maximum absolute atomic E-state index is 11.6. The molecule has 0 aliphatic carbocycles. The smallest absolute Gasteiger partial charge is 0.223 e. The summed E-state index contributed by atoms with van der Waals surface area (Å²) in [5.41, 5.74) is 0. The number of halogens is 1.